The number of carbonyl (C=O) groups is 1. The molecule has 2 aromatic carbocycles. The summed E-state index contributed by atoms with van der Waals surface area (Å²) in [5.74, 6) is -0.0120. The third kappa shape index (κ3) is 4.65. The van der Waals surface area contributed by atoms with Crippen molar-refractivity contribution in [3.8, 4) is 5.75 Å². The normalized spacial score (nSPS) is 11.9. The van der Waals surface area contributed by atoms with E-state index in [-0.39, 0.29) is 11.8 Å². The van der Waals surface area contributed by atoms with Crippen molar-refractivity contribution in [3.05, 3.63) is 77.9 Å². The SMILES string of the molecule is CNC(C)c1cccc(NC(=O)Nc2ccc(Cc3ncnc4cc[nH]c34)cc2O)c1. The lowest BCUT2D eigenvalue weighted by atomic mass is 10.1. The summed E-state index contributed by atoms with van der Waals surface area (Å²) >= 11 is 0. The molecule has 1 atom stereocenters. The third-order valence-corrected chi connectivity index (χ3v) is 5.18. The number of aromatic amines is 1. The van der Waals surface area contributed by atoms with E-state index in [1.165, 1.54) is 6.33 Å². The van der Waals surface area contributed by atoms with Gasteiger partial charge < -0.3 is 26.0 Å². The van der Waals surface area contributed by atoms with Crippen LogP contribution >= 0.6 is 0 Å². The Balaban J connectivity index is 1.44. The number of urea groups is 1. The van der Waals surface area contributed by atoms with Crippen molar-refractivity contribution in [1.82, 2.24) is 20.3 Å². The predicted molar refractivity (Wildman–Crippen MR) is 121 cm³/mol. The minimum Gasteiger partial charge on any atom is -0.506 e. The van der Waals surface area contributed by atoms with Gasteiger partial charge in [0.2, 0.25) is 0 Å². The molecule has 8 heteroatoms. The zero-order chi connectivity index (χ0) is 21.8. The van der Waals surface area contributed by atoms with Gasteiger partial charge in [-0.3, -0.25) is 0 Å². The molecule has 4 aromatic rings. The van der Waals surface area contributed by atoms with Crippen LogP contribution in [0.4, 0.5) is 16.2 Å². The van der Waals surface area contributed by atoms with E-state index in [9.17, 15) is 9.90 Å². The fourth-order valence-corrected chi connectivity index (χ4v) is 3.38. The van der Waals surface area contributed by atoms with Gasteiger partial charge in [-0.1, -0.05) is 18.2 Å². The standard InChI is InChI=1S/C23H24N6O2/c1-14(24-2)16-4-3-5-17(12-16)28-23(31)29-18-7-6-15(11-21(18)30)10-20-22-19(8-9-25-22)26-13-27-20/h3-9,11-14,24-25,30H,10H2,1-2H3,(H2,28,29,31). The Morgan fingerprint density at radius 3 is 2.81 bits per heavy atom. The summed E-state index contributed by atoms with van der Waals surface area (Å²) < 4.78 is 0. The number of hydrogen-bond acceptors (Lipinski definition) is 5. The highest BCUT2D eigenvalue weighted by Gasteiger charge is 2.11. The number of amides is 2. The predicted octanol–water partition coefficient (Wildman–Crippen LogP) is 4.18. The van der Waals surface area contributed by atoms with Crippen molar-refractivity contribution in [3.63, 3.8) is 0 Å². The van der Waals surface area contributed by atoms with Crippen molar-refractivity contribution >= 4 is 28.4 Å². The first-order valence-corrected chi connectivity index (χ1v) is 9.97. The van der Waals surface area contributed by atoms with E-state index in [2.05, 4.69) is 30.9 Å². The first-order chi connectivity index (χ1) is 15.0. The molecule has 0 saturated heterocycles. The molecule has 0 fully saturated rings. The summed E-state index contributed by atoms with van der Waals surface area (Å²) in [5, 5.41) is 19.1. The molecule has 158 valence electrons. The Kier molecular flexibility index (Phi) is 5.81. The highest BCUT2D eigenvalue weighted by atomic mass is 16.3. The van der Waals surface area contributed by atoms with Gasteiger partial charge in [0.1, 0.15) is 12.1 Å². The van der Waals surface area contributed by atoms with Crippen molar-refractivity contribution in [1.29, 1.82) is 0 Å². The minimum absolute atomic E-state index is 0.0120. The lowest BCUT2D eigenvalue weighted by Gasteiger charge is -2.13. The Hall–Kier alpha value is -3.91. The first-order valence-electron chi connectivity index (χ1n) is 9.97. The molecular weight excluding hydrogens is 392 g/mol. The van der Waals surface area contributed by atoms with Gasteiger partial charge in [0, 0.05) is 24.3 Å². The van der Waals surface area contributed by atoms with Crippen molar-refractivity contribution in [2.45, 2.75) is 19.4 Å². The zero-order valence-electron chi connectivity index (χ0n) is 17.3. The van der Waals surface area contributed by atoms with E-state index in [1.54, 1.807) is 12.1 Å². The topological polar surface area (TPSA) is 115 Å². The number of carbonyl (C=O) groups excluding carboxylic acids is 1. The second-order valence-electron chi connectivity index (χ2n) is 7.30. The molecule has 0 radical (unpaired) electrons. The van der Waals surface area contributed by atoms with Crippen LogP contribution in [0.1, 0.15) is 29.8 Å². The number of aromatic hydroxyl groups is 1. The van der Waals surface area contributed by atoms with E-state index in [0.717, 1.165) is 27.9 Å². The van der Waals surface area contributed by atoms with Gasteiger partial charge >= 0.3 is 6.03 Å². The lowest BCUT2D eigenvalue weighted by Crippen LogP contribution is -2.20. The maximum absolute atomic E-state index is 12.4. The molecule has 0 bridgehead atoms. The molecule has 0 saturated carbocycles. The molecule has 31 heavy (non-hydrogen) atoms. The highest BCUT2D eigenvalue weighted by molar-refractivity contribution is 6.00. The molecule has 1 unspecified atom stereocenters. The first kappa shape index (κ1) is 20.4. The number of phenols is 1. The van der Waals surface area contributed by atoms with Crippen molar-refractivity contribution in [2.75, 3.05) is 17.7 Å². The van der Waals surface area contributed by atoms with E-state index in [0.29, 0.717) is 17.8 Å². The van der Waals surface area contributed by atoms with Crippen LogP contribution in [-0.2, 0) is 6.42 Å². The third-order valence-electron chi connectivity index (χ3n) is 5.18. The van der Waals surface area contributed by atoms with Crippen molar-refractivity contribution in [2.24, 2.45) is 0 Å². The van der Waals surface area contributed by atoms with Gasteiger partial charge in [-0.05, 0) is 55.4 Å². The molecule has 0 aliphatic heterocycles. The number of nitrogens with zero attached hydrogens (tertiary/aromatic N) is 2. The number of rotatable bonds is 6. The molecule has 2 amide bonds. The van der Waals surface area contributed by atoms with E-state index < -0.39 is 6.03 Å². The van der Waals surface area contributed by atoms with Gasteiger partial charge in [-0.15, -0.1) is 0 Å². The van der Waals surface area contributed by atoms with Gasteiger partial charge in [0.05, 0.1) is 22.4 Å². The van der Waals surface area contributed by atoms with Crippen LogP contribution in [-0.4, -0.2) is 33.1 Å². The number of H-pyrrole nitrogens is 1. The monoisotopic (exact) mass is 416 g/mol. The van der Waals surface area contributed by atoms with Gasteiger partial charge in [0.15, 0.2) is 0 Å². The quantitative estimate of drug-likeness (QED) is 0.303. The minimum atomic E-state index is -0.429. The van der Waals surface area contributed by atoms with Crippen LogP contribution in [0.5, 0.6) is 5.75 Å². The molecule has 0 aliphatic carbocycles. The van der Waals surface area contributed by atoms with Crippen LogP contribution < -0.4 is 16.0 Å². The zero-order valence-corrected chi connectivity index (χ0v) is 17.3. The van der Waals surface area contributed by atoms with E-state index in [1.807, 2.05) is 56.6 Å². The number of benzene rings is 2. The van der Waals surface area contributed by atoms with Crippen LogP contribution in [0.2, 0.25) is 0 Å². The summed E-state index contributed by atoms with van der Waals surface area (Å²) in [4.78, 5) is 24.1. The fraction of sp³-hybridized carbons (Fsp3) is 0.174. The fourth-order valence-electron chi connectivity index (χ4n) is 3.38. The Morgan fingerprint density at radius 1 is 1.13 bits per heavy atom. The molecule has 0 aliphatic rings. The maximum Gasteiger partial charge on any atom is 0.323 e. The van der Waals surface area contributed by atoms with Crippen molar-refractivity contribution < 1.29 is 9.90 Å². The number of hydrogen-bond donors (Lipinski definition) is 5. The average molecular weight is 416 g/mol. The highest BCUT2D eigenvalue weighted by Crippen LogP contribution is 2.26. The summed E-state index contributed by atoms with van der Waals surface area (Å²) in [7, 11) is 1.88. The summed E-state index contributed by atoms with van der Waals surface area (Å²) in [6, 6.07) is 14.4. The Bertz CT molecular complexity index is 1220. The average Bonchev–Trinajstić information content (AvgIpc) is 3.25. The van der Waals surface area contributed by atoms with Crippen LogP contribution in [0.25, 0.3) is 11.0 Å². The second-order valence-corrected chi connectivity index (χ2v) is 7.30. The maximum atomic E-state index is 12.4. The summed E-state index contributed by atoms with van der Waals surface area (Å²) in [5.41, 5.74) is 5.49. The largest absolute Gasteiger partial charge is 0.506 e. The summed E-state index contributed by atoms with van der Waals surface area (Å²) in [6.07, 6.45) is 3.87. The molecule has 0 spiro atoms. The van der Waals surface area contributed by atoms with Crippen LogP contribution in [0.15, 0.2) is 61.1 Å². The number of aromatic nitrogens is 3. The number of nitrogens with one attached hydrogen (secondary N) is 4. The Morgan fingerprint density at radius 2 is 2.00 bits per heavy atom. The van der Waals surface area contributed by atoms with Gasteiger partial charge in [-0.2, -0.15) is 0 Å². The van der Waals surface area contributed by atoms with Crippen LogP contribution in [0.3, 0.4) is 0 Å². The smallest absolute Gasteiger partial charge is 0.323 e. The van der Waals surface area contributed by atoms with Crippen LogP contribution in [0, 0.1) is 0 Å². The van der Waals surface area contributed by atoms with Gasteiger partial charge in [0.25, 0.3) is 0 Å². The number of anilines is 2. The molecule has 8 nitrogen and oxygen atoms in total. The molecule has 4 rings (SSSR count). The molecule has 5 N–H and O–H groups in total. The number of fused-ring (bicyclic) bond motifs is 1. The molecule has 2 heterocycles. The molecular formula is C23H24N6O2. The number of phenolic OH excluding ortho intramolecular Hbond substituents is 1. The van der Waals surface area contributed by atoms with E-state index >= 15 is 0 Å². The van der Waals surface area contributed by atoms with E-state index in [4.69, 9.17) is 0 Å². The Labute approximate surface area is 179 Å². The summed E-state index contributed by atoms with van der Waals surface area (Å²) in [6.45, 7) is 2.04. The molecule has 2 aromatic heterocycles. The second kappa shape index (κ2) is 8.85. The van der Waals surface area contributed by atoms with Gasteiger partial charge in [-0.25, -0.2) is 14.8 Å². The lowest BCUT2D eigenvalue weighted by molar-refractivity contribution is 0.262.